The number of benzene rings is 3. The van der Waals surface area contributed by atoms with Gasteiger partial charge < -0.3 is 10.1 Å². The van der Waals surface area contributed by atoms with Gasteiger partial charge in [-0.1, -0.05) is 49.4 Å². The van der Waals surface area contributed by atoms with E-state index in [1.54, 1.807) is 31.4 Å². The fourth-order valence-electron chi connectivity index (χ4n) is 3.71. The highest BCUT2D eigenvalue weighted by molar-refractivity contribution is 7.92. The molecule has 1 atom stereocenters. The van der Waals surface area contributed by atoms with Crippen LogP contribution >= 0.6 is 0 Å². The van der Waals surface area contributed by atoms with E-state index in [4.69, 9.17) is 4.74 Å². The molecule has 0 saturated heterocycles. The third-order valence-corrected chi connectivity index (χ3v) is 6.66. The topological polar surface area (TPSA) is 75.7 Å². The van der Waals surface area contributed by atoms with Crippen LogP contribution < -0.4 is 14.4 Å². The standard InChI is InChI=1S/C26H30N2O4S/c1-5-24(22-13-16-25(32-3)19(2)17-22)27-26(29)21-11-14-23(15-12-21)28(33(4,30)31)18-20-9-7-6-8-10-20/h6-17,24H,5,18H2,1-4H3,(H,27,29)/t24-/m1/s1. The Kier molecular flexibility index (Phi) is 7.76. The highest BCUT2D eigenvalue weighted by Crippen LogP contribution is 2.25. The first-order valence-electron chi connectivity index (χ1n) is 10.8. The second kappa shape index (κ2) is 10.5. The van der Waals surface area contributed by atoms with Crippen molar-refractivity contribution in [3.8, 4) is 5.75 Å². The Labute approximate surface area is 196 Å². The van der Waals surface area contributed by atoms with Gasteiger partial charge in [-0.3, -0.25) is 9.10 Å². The van der Waals surface area contributed by atoms with Crippen molar-refractivity contribution < 1.29 is 17.9 Å². The number of hydrogen-bond donors (Lipinski definition) is 1. The van der Waals surface area contributed by atoms with Crippen molar-refractivity contribution >= 4 is 21.6 Å². The van der Waals surface area contributed by atoms with Crippen LogP contribution in [-0.4, -0.2) is 27.7 Å². The molecule has 1 N–H and O–H groups in total. The van der Waals surface area contributed by atoms with Gasteiger partial charge in [-0.05, 0) is 60.4 Å². The molecule has 0 heterocycles. The number of carbonyl (C=O) groups excluding carboxylic acids is 1. The summed E-state index contributed by atoms with van der Waals surface area (Å²) in [7, 11) is -1.86. The molecule has 0 aliphatic heterocycles. The van der Waals surface area contributed by atoms with Gasteiger partial charge in [0.1, 0.15) is 5.75 Å². The minimum atomic E-state index is -3.50. The molecule has 33 heavy (non-hydrogen) atoms. The number of aryl methyl sites for hydroxylation is 1. The van der Waals surface area contributed by atoms with Crippen LogP contribution in [0.3, 0.4) is 0 Å². The Hall–Kier alpha value is -3.32. The van der Waals surface area contributed by atoms with Crippen molar-refractivity contribution in [2.45, 2.75) is 32.9 Å². The first-order valence-corrected chi connectivity index (χ1v) is 12.6. The molecule has 174 valence electrons. The van der Waals surface area contributed by atoms with Crippen LogP contribution in [0.15, 0.2) is 72.8 Å². The lowest BCUT2D eigenvalue weighted by molar-refractivity contribution is 0.0935. The number of nitrogens with one attached hydrogen (secondary N) is 1. The van der Waals surface area contributed by atoms with Gasteiger partial charge in [0.25, 0.3) is 5.91 Å². The highest BCUT2D eigenvalue weighted by Gasteiger charge is 2.19. The number of methoxy groups -OCH3 is 1. The molecule has 3 rings (SSSR count). The summed E-state index contributed by atoms with van der Waals surface area (Å²) >= 11 is 0. The van der Waals surface area contributed by atoms with E-state index in [9.17, 15) is 13.2 Å². The molecule has 3 aromatic carbocycles. The first kappa shape index (κ1) is 24.3. The van der Waals surface area contributed by atoms with Gasteiger partial charge in [-0.15, -0.1) is 0 Å². The van der Waals surface area contributed by atoms with Crippen molar-refractivity contribution in [2.75, 3.05) is 17.7 Å². The summed E-state index contributed by atoms with van der Waals surface area (Å²) in [5.41, 5.74) is 3.87. The van der Waals surface area contributed by atoms with E-state index in [0.29, 0.717) is 11.3 Å². The average molecular weight is 467 g/mol. The minimum Gasteiger partial charge on any atom is -0.496 e. The van der Waals surface area contributed by atoms with Crippen LogP contribution in [0.5, 0.6) is 5.75 Å². The first-order chi connectivity index (χ1) is 15.7. The van der Waals surface area contributed by atoms with Gasteiger partial charge >= 0.3 is 0 Å². The highest BCUT2D eigenvalue weighted by atomic mass is 32.2. The van der Waals surface area contributed by atoms with Crippen molar-refractivity contribution in [3.63, 3.8) is 0 Å². The van der Waals surface area contributed by atoms with Crippen molar-refractivity contribution in [1.82, 2.24) is 5.32 Å². The molecule has 0 unspecified atom stereocenters. The number of carbonyl (C=O) groups is 1. The molecule has 0 aliphatic rings. The zero-order valence-corrected chi connectivity index (χ0v) is 20.2. The molecule has 6 nitrogen and oxygen atoms in total. The van der Waals surface area contributed by atoms with Gasteiger partial charge in [0, 0.05) is 5.56 Å². The molecule has 0 aromatic heterocycles. The van der Waals surface area contributed by atoms with Crippen LogP contribution in [0.2, 0.25) is 0 Å². The van der Waals surface area contributed by atoms with E-state index in [0.717, 1.165) is 28.9 Å². The quantitative estimate of drug-likeness (QED) is 0.489. The van der Waals surface area contributed by atoms with Gasteiger partial charge in [-0.25, -0.2) is 8.42 Å². The third-order valence-electron chi connectivity index (χ3n) is 5.52. The largest absolute Gasteiger partial charge is 0.496 e. The Morgan fingerprint density at radius 2 is 1.70 bits per heavy atom. The molecular weight excluding hydrogens is 436 g/mol. The van der Waals surface area contributed by atoms with E-state index in [2.05, 4.69) is 5.32 Å². The third kappa shape index (κ3) is 6.14. The molecule has 0 bridgehead atoms. The Morgan fingerprint density at radius 3 is 2.24 bits per heavy atom. The van der Waals surface area contributed by atoms with Crippen LogP contribution in [-0.2, 0) is 16.6 Å². The summed E-state index contributed by atoms with van der Waals surface area (Å²) in [5, 5.41) is 3.07. The predicted octanol–water partition coefficient (Wildman–Crippen LogP) is 4.85. The summed E-state index contributed by atoms with van der Waals surface area (Å²) in [6.07, 6.45) is 1.91. The van der Waals surface area contributed by atoms with E-state index < -0.39 is 10.0 Å². The number of nitrogens with zero attached hydrogens (tertiary/aromatic N) is 1. The minimum absolute atomic E-state index is 0.146. The number of rotatable bonds is 9. The SMILES string of the molecule is CC[C@@H](NC(=O)c1ccc(N(Cc2ccccc2)S(C)(=O)=O)cc1)c1ccc(OC)c(C)c1. The van der Waals surface area contributed by atoms with Crippen molar-refractivity contribution in [2.24, 2.45) is 0 Å². The Bertz CT molecular complexity index is 1190. The maximum Gasteiger partial charge on any atom is 0.251 e. The number of ether oxygens (including phenoxy) is 1. The molecule has 3 aromatic rings. The maximum absolute atomic E-state index is 12.9. The van der Waals surface area contributed by atoms with Crippen LogP contribution in [0.1, 0.15) is 46.4 Å². The molecular formula is C26H30N2O4S. The zero-order chi connectivity index (χ0) is 24.0. The second-order valence-electron chi connectivity index (χ2n) is 7.97. The fourth-order valence-corrected chi connectivity index (χ4v) is 4.60. The van der Waals surface area contributed by atoms with Gasteiger partial charge in [0.05, 0.1) is 31.6 Å². The van der Waals surface area contributed by atoms with Crippen molar-refractivity contribution in [1.29, 1.82) is 0 Å². The Morgan fingerprint density at radius 1 is 1.03 bits per heavy atom. The lowest BCUT2D eigenvalue weighted by Gasteiger charge is -2.23. The predicted molar refractivity (Wildman–Crippen MR) is 132 cm³/mol. The summed E-state index contributed by atoms with van der Waals surface area (Å²) in [5.74, 6) is 0.595. The summed E-state index contributed by atoms with van der Waals surface area (Å²) < 4.78 is 31.5. The second-order valence-corrected chi connectivity index (χ2v) is 9.87. The molecule has 7 heteroatoms. The smallest absolute Gasteiger partial charge is 0.251 e. The summed E-state index contributed by atoms with van der Waals surface area (Å²) in [6, 6.07) is 21.8. The average Bonchev–Trinajstić information content (AvgIpc) is 2.81. The lowest BCUT2D eigenvalue weighted by atomic mass is 10.0. The van der Waals surface area contributed by atoms with Crippen LogP contribution in [0, 0.1) is 6.92 Å². The summed E-state index contributed by atoms with van der Waals surface area (Å²) in [6.45, 7) is 4.21. The number of sulfonamides is 1. The summed E-state index contributed by atoms with van der Waals surface area (Å²) in [4.78, 5) is 12.9. The van der Waals surface area contributed by atoms with E-state index in [1.165, 1.54) is 10.6 Å². The molecule has 0 radical (unpaired) electrons. The van der Waals surface area contributed by atoms with E-state index >= 15 is 0 Å². The monoisotopic (exact) mass is 466 g/mol. The van der Waals surface area contributed by atoms with Crippen LogP contribution in [0.25, 0.3) is 0 Å². The molecule has 0 aliphatic carbocycles. The lowest BCUT2D eigenvalue weighted by Crippen LogP contribution is -2.30. The van der Waals surface area contributed by atoms with Gasteiger partial charge in [0.2, 0.25) is 10.0 Å². The zero-order valence-electron chi connectivity index (χ0n) is 19.4. The molecule has 0 spiro atoms. The van der Waals surface area contributed by atoms with Crippen LogP contribution in [0.4, 0.5) is 5.69 Å². The normalized spacial score (nSPS) is 12.1. The molecule has 0 fully saturated rings. The van der Waals surface area contributed by atoms with Crippen molar-refractivity contribution in [3.05, 3.63) is 95.1 Å². The van der Waals surface area contributed by atoms with Gasteiger partial charge in [-0.2, -0.15) is 0 Å². The van der Waals surface area contributed by atoms with E-state index in [-0.39, 0.29) is 18.5 Å². The van der Waals surface area contributed by atoms with E-state index in [1.807, 2.05) is 62.4 Å². The van der Waals surface area contributed by atoms with Gasteiger partial charge in [0.15, 0.2) is 0 Å². The number of amides is 1. The number of anilines is 1. The fraction of sp³-hybridized carbons (Fsp3) is 0.269. The molecule has 1 amide bonds. The molecule has 0 saturated carbocycles. The maximum atomic E-state index is 12.9. The Balaban J connectivity index is 1.77. The number of hydrogen-bond acceptors (Lipinski definition) is 4.